The number of anilines is 1. The second-order valence-corrected chi connectivity index (χ2v) is 7.50. The first-order valence-corrected chi connectivity index (χ1v) is 9.29. The van der Waals surface area contributed by atoms with E-state index in [4.69, 9.17) is 17.0 Å². The molecule has 0 unspecified atom stereocenters. The Hall–Kier alpha value is -1.74. The number of benzene rings is 1. The number of hydrogen-bond donors (Lipinski definition) is 2. The number of ether oxygens (including phenoxy) is 1. The lowest BCUT2D eigenvalue weighted by Crippen LogP contribution is -2.37. The summed E-state index contributed by atoms with van der Waals surface area (Å²) in [5.74, 6) is 1.29. The third-order valence-corrected chi connectivity index (χ3v) is 4.21. The molecule has 2 N–H and O–H groups in total. The summed E-state index contributed by atoms with van der Waals surface area (Å²) >= 11 is 7.29. The standard InChI is InChI=1S/C18H20IN3O2S/c1-11(2)14-6-4-12(3)8-15(14)24-10-17(23)22-18(25)21-16-7-5-13(19)9-20-16/h4-9,11H,10H2,1-3H3,(H2,20,21,22,23,25). The van der Waals surface area contributed by atoms with E-state index in [1.54, 1.807) is 12.3 Å². The van der Waals surface area contributed by atoms with Crippen molar-refractivity contribution in [2.45, 2.75) is 26.7 Å². The van der Waals surface area contributed by atoms with E-state index < -0.39 is 0 Å². The normalized spacial score (nSPS) is 10.4. The molecule has 0 atom stereocenters. The van der Waals surface area contributed by atoms with Gasteiger partial charge in [-0.1, -0.05) is 26.0 Å². The number of aryl methyl sites for hydroxylation is 1. The highest BCUT2D eigenvalue weighted by atomic mass is 127. The van der Waals surface area contributed by atoms with Gasteiger partial charge in [-0.25, -0.2) is 4.98 Å². The molecule has 132 valence electrons. The van der Waals surface area contributed by atoms with Gasteiger partial charge >= 0.3 is 0 Å². The quantitative estimate of drug-likeness (QED) is 0.512. The second kappa shape index (κ2) is 9.10. The van der Waals surface area contributed by atoms with Crippen LogP contribution in [-0.4, -0.2) is 22.6 Å². The summed E-state index contributed by atoms with van der Waals surface area (Å²) in [5.41, 5.74) is 2.16. The molecule has 0 aliphatic heterocycles. The zero-order valence-electron chi connectivity index (χ0n) is 14.3. The first kappa shape index (κ1) is 19.6. The van der Waals surface area contributed by atoms with E-state index in [9.17, 15) is 4.79 Å². The van der Waals surface area contributed by atoms with Gasteiger partial charge in [0.25, 0.3) is 5.91 Å². The van der Waals surface area contributed by atoms with Gasteiger partial charge in [-0.3, -0.25) is 10.1 Å². The fourth-order valence-corrected chi connectivity index (χ4v) is 2.68. The number of carbonyl (C=O) groups is 1. The molecule has 0 fully saturated rings. The lowest BCUT2D eigenvalue weighted by Gasteiger charge is -2.15. The fraction of sp³-hybridized carbons (Fsp3) is 0.278. The van der Waals surface area contributed by atoms with Crippen molar-refractivity contribution in [1.82, 2.24) is 10.3 Å². The van der Waals surface area contributed by atoms with Gasteiger partial charge < -0.3 is 10.1 Å². The Bertz CT molecular complexity index is 763. The Morgan fingerprint density at radius 3 is 2.72 bits per heavy atom. The third kappa shape index (κ3) is 6.24. The van der Waals surface area contributed by atoms with E-state index in [-0.39, 0.29) is 17.6 Å². The van der Waals surface area contributed by atoms with Gasteiger partial charge in [-0.05, 0) is 77.0 Å². The van der Waals surface area contributed by atoms with Crippen LogP contribution in [0, 0.1) is 10.5 Å². The maximum Gasteiger partial charge on any atom is 0.264 e. The molecule has 25 heavy (non-hydrogen) atoms. The Morgan fingerprint density at radius 1 is 1.32 bits per heavy atom. The van der Waals surface area contributed by atoms with Crippen LogP contribution in [0.2, 0.25) is 0 Å². The van der Waals surface area contributed by atoms with Crippen molar-refractivity contribution in [1.29, 1.82) is 0 Å². The Balaban J connectivity index is 1.89. The van der Waals surface area contributed by atoms with Crippen molar-refractivity contribution in [2.24, 2.45) is 0 Å². The highest BCUT2D eigenvalue weighted by Crippen LogP contribution is 2.27. The molecule has 0 bridgehead atoms. The van der Waals surface area contributed by atoms with E-state index in [0.717, 1.165) is 20.4 Å². The van der Waals surface area contributed by atoms with Gasteiger partial charge in [-0.2, -0.15) is 0 Å². The van der Waals surface area contributed by atoms with Crippen molar-refractivity contribution < 1.29 is 9.53 Å². The number of hydrogen-bond acceptors (Lipinski definition) is 4. The Labute approximate surface area is 166 Å². The van der Waals surface area contributed by atoms with Crippen molar-refractivity contribution in [3.05, 3.63) is 51.2 Å². The molecule has 0 saturated heterocycles. The van der Waals surface area contributed by atoms with Crippen LogP contribution in [0.15, 0.2) is 36.5 Å². The van der Waals surface area contributed by atoms with Gasteiger partial charge in [0.2, 0.25) is 0 Å². The predicted molar refractivity (Wildman–Crippen MR) is 112 cm³/mol. The summed E-state index contributed by atoms with van der Waals surface area (Å²) in [6.45, 7) is 6.06. The van der Waals surface area contributed by atoms with E-state index >= 15 is 0 Å². The number of amides is 1. The third-order valence-electron chi connectivity index (χ3n) is 3.37. The SMILES string of the molecule is Cc1ccc(C(C)C)c(OCC(=O)NC(=S)Nc2ccc(I)cn2)c1. The van der Waals surface area contributed by atoms with Gasteiger partial charge in [0.15, 0.2) is 11.7 Å². The van der Waals surface area contributed by atoms with Crippen molar-refractivity contribution in [3.8, 4) is 5.75 Å². The zero-order valence-corrected chi connectivity index (χ0v) is 17.3. The molecule has 1 aromatic heterocycles. The molecule has 1 amide bonds. The molecule has 0 aliphatic rings. The van der Waals surface area contributed by atoms with E-state index in [2.05, 4.69) is 52.1 Å². The number of nitrogens with zero attached hydrogens (tertiary/aromatic N) is 1. The summed E-state index contributed by atoms with van der Waals surface area (Å²) < 4.78 is 6.71. The number of rotatable bonds is 5. The van der Waals surface area contributed by atoms with Crippen LogP contribution in [0.1, 0.15) is 30.9 Å². The lowest BCUT2D eigenvalue weighted by atomic mass is 10.0. The molecule has 1 heterocycles. The number of aromatic nitrogens is 1. The average Bonchev–Trinajstić information content (AvgIpc) is 2.54. The van der Waals surface area contributed by atoms with Gasteiger partial charge in [0.1, 0.15) is 11.6 Å². The average molecular weight is 469 g/mol. The topological polar surface area (TPSA) is 63.2 Å². The molecular weight excluding hydrogens is 449 g/mol. The highest BCUT2D eigenvalue weighted by Gasteiger charge is 2.11. The number of halogens is 1. The number of nitrogens with one attached hydrogen (secondary N) is 2. The smallest absolute Gasteiger partial charge is 0.264 e. The maximum atomic E-state index is 12.1. The minimum absolute atomic E-state index is 0.106. The van der Waals surface area contributed by atoms with Crippen LogP contribution in [0.3, 0.4) is 0 Å². The van der Waals surface area contributed by atoms with Crippen LogP contribution in [0.25, 0.3) is 0 Å². The van der Waals surface area contributed by atoms with Gasteiger partial charge in [-0.15, -0.1) is 0 Å². The number of carbonyl (C=O) groups excluding carboxylic acids is 1. The van der Waals surface area contributed by atoms with Crippen LogP contribution in [-0.2, 0) is 4.79 Å². The summed E-state index contributed by atoms with van der Waals surface area (Å²) in [6, 6.07) is 9.69. The van der Waals surface area contributed by atoms with E-state index in [1.165, 1.54) is 0 Å². The first-order valence-electron chi connectivity index (χ1n) is 7.81. The highest BCUT2D eigenvalue weighted by molar-refractivity contribution is 14.1. The molecule has 0 spiro atoms. The molecular formula is C18H20IN3O2S. The zero-order chi connectivity index (χ0) is 18.4. The lowest BCUT2D eigenvalue weighted by molar-refractivity contribution is -0.121. The summed E-state index contributed by atoms with van der Waals surface area (Å²) in [7, 11) is 0. The predicted octanol–water partition coefficient (Wildman–Crippen LogP) is 4.01. The molecule has 0 saturated carbocycles. The Morgan fingerprint density at radius 2 is 2.08 bits per heavy atom. The summed E-state index contributed by atoms with van der Waals surface area (Å²) in [6.07, 6.45) is 1.71. The fourth-order valence-electron chi connectivity index (χ4n) is 2.15. The molecule has 5 nitrogen and oxygen atoms in total. The van der Waals surface area contributed by atoms with Gasteiger partial charge in [0, 0.05) is 9.77 Å². The monoisotopic (exact) mass is 469 g/mol. The minimum Gasteiger partial charge on any atom is -0.483 e. The maximum absolute atomic E-state index is 12.1. The van der Waals surface area contributed by atoms with Crippen molar-refractivity contribution in [3.63, 3.8) is 0 Å². The minimum atomic E-state index is -0.320. The number of pyridine rings is 1. The van der Waals surface area contributed by atoms with Crippen LogP contribution in [0.5, 0.6) is 5.75 Å². The largest absolute Gasteiger partial charge is 0.483 e. The number of thiocarbonyl (C=S) groups is 1. The summed E-state index contributed by atoms with van der Waals surface area (Å²) in [5, 5.41) is 5.65. The summed E-state index contributed by atoms with van der Waals surface area (Å²) in [4.78, 5) is 16.2. The van der Waals surface area contributed by atoms with E-state index in [1.807, 2.05) is 31.2 Å². The van der Waals surface area contributed by atoms with Crippen molar-refractivity contribution >= 4 is 51.6 Å². The van der Waals surface area contributed by atoms with Gasteiger partial charge in [0.05, 0.1) is 0 Å². The molecule has 1 aromatic carbocycles. The Kier molecular flexibility index (Phi) is 7.12. The van der Waals surface area contributed by atoms with Crippen LogP contribution >= 0.6 is 34.8 Å². The molecule has 7 heteroatoms. The van der Waals surface area contributed by atoms with Crippen molar-refractivity contribution in [2.75, 3.05) is 11.9 Å². The second-order valence-electron chi connectivity index (χ2n) is 5.85. The van der Waals surface area contributed by atoms with E-state index in [0.29, 0.717) is 11.7 Å². The van der Waals surface area contributed by atoms with Crippen LogP contribution < -0.4 is 15.4 Å². The first-order chi connectivity index (χ1) is 11.8. The molecule has 0 radical (unpaired) electrons. The molecule has 0 aliphatic carbocycles. The molecule has 2 aromatic rings. The molecule has 2 rings (SSSR count). The van der Waals surface area contributed by atoms with Crippen LogP contribution in [0.4, 0.5) is 5.82 Å².